The minimum absolute atomic E-state index is 0.415. The molecule has 0 aromatic heterocycles. The first kappa shape index (κ1) is 9.70. The molecule has 0 bridgehead atoms. The number of allylic oxidation sites excluding steroid dienone is 3. The summed E-state index contributed by atoms with van der Waals surface area (Å²) in [5.41, 5.74) is 1.18. The number of hydrogen-bond donors (Lipinski definition) is 0. The first-order chi connectivity index (χ1) is 6.68. The van der Waals surface area contributed by atoms with Crippen molar-refractivity contribution in [1.29, 1.82) is 0 Å². The molecule has 0 saturated heterocycles. The molecule has 0 spiro atoms. The van der Waals surface area contributed by atoms with Gasteiger partial charge >= 0.3 is 0 Å². The molecule has 2 rings (SSSR count). The molecule has 0 amide bonds. The molecule has 2 aliphatic carbocycles. The second-order valence-corrected chi connectivity index (χ2v) is 4.74. The molecule has 0 aromatic rings. The number of hydrogen-bond acceptors (Lipinski definition) is 1. The lowest BCUT2D eigenvalue weighted by molar-refractivity contribution is -0.123. The van der Waals surface area contributed by atoms with Gasteiger partial charge in [-0.1, -0.05) is 24.3 Å². The molecular formula is C13H18O. The van der Waals surface area contributed by atoms with Crippen molar-refractivity contribution in [3.05, 3.63) is 24.3 Å². The standard InChI is InChI=1S/C13H18O/c1-9(2)13-8-11(14)7-10-5-3-4-6-12(10)13/h4,6,10,12-13H,1,3,5,7-8H2,2H3/t10-,12-,13-/m0/s1. The molecule has 0 aliphatic heterocycles. The maximum atomic E-state index is 11.6. The molecule has 0 radical (unpaired) electrons. The molecule has 0 unspecified atom stereocenters. The largest absolute Gasteiger partial charge is 0.300 e. The molecule has 1 fully saturated rings. The van der Waals surface area contributed by atoms with E-state index >= 15 is 0 Å². The van der Waals surface area contributed by atoms with Crippen LogP contribution in [0.5, 0.6) is 0 Å². The van der Waals surface area contributed by atoms with E-state index < -0.39 is 0 Å². The smallest absolute Gasteiger partial charge is 0.133 e. The summed E-state index contributed by atoms with van der Waals surface area (Å²) in [4.78, 5) is 11.6. The van der Waals surface area contributed by atoms with Gasteiger partial charge in [0, 0.05) is 12.8 Å². The Labute approximate surface area is 85.9 Å². The van der Waals surface area contributed by atoms with Gasteiger partial charge in [0.1, 0.15) is 5.78 Å². The van der Waals surface area contributed by atoms with Crippen molar-refractivity contribution in [2.75, 3.05) is 0 Å². The lowest BCUT2D eigenvalue weighted by Gasteiger charge is -2.38. The van der Waals surface area contributed by atoms with Crippen LogP contribution in [0.1, 0.15) is 32.6 Å². The Morgan fingerprint density at radius 2 is 2.29 bits per heavy atom. The topological polar surface area (TPSA) is 17.1 Å². The second kappa shape index (κ2) is 3.72. The third kappa shape index (κ3) is 1.68. The Morgan fingerprint density at radius 3 is 3.00 bits per heavy atom. The molecule has 3 atom stereocenters. The predicted molar refractivity (Wildman–Crippen MR) is 57.9 cm³/mol. The number of carbonyl (C=O) groups is 1. The summed E-state index contributed by atoms with van der Waals surface area (Å²) in [6.45, 7) is 6.08. The summed E-state index contributed by atoms with van der Waals surface area (Å²) in [6.07, 6.45) is 8.46. The number of Topliss-reactive ketones (excluding diaryl/α,β-unsaturated/α-hetero) is 1. The average molecular weight is 190 g/mol. The van der Waals surface area contributed by atoms with Crippen molar-refractivity contribution in [3.8, 4) is 0 Å². The SMILES string of the molecule is C=C(C)[C@@H]1CC(=O)C[C@@H]2CCC=C[C@@H]21. The molecular weight excluding hydrogens is 172 g/mol. The molecule has 14 heavy (non-hydrogen) atoms. The van der Waals surface area contributed by atoms with E-state index in [4.69, 9.17) is 0 Å². The average Bonchev–Trinajstić information content (AvgIpc) is 2.16. The summed E-state index contributed by atoms with van der Waals surface area (Å²) >= 11 is 0. The molecule has 76 valence electrons. The number of fused-ring (bicyclic) bond motifs is 1. The Morgan fingerprint density at radius 1 is 1.50 bits per heavy atom. The van der Waals surface area contributed by atoms with Gasteiger partial charge in [-0.15, -0.1) is 0 Å². The third-order valence-corrected chi connectivity index (χ3v) is 3.64. The maximum absolute atomic E-state index is 11.6. The fraction of sp³-hybridized carbons (Fsp3) is 0.615. The van der Waals surface area contributed by atoms with Crippen molar-refractivity contribution < 1.29 is 4.79 Å². The van der Waals surface area contributed by atoms with Gasteiger partial charge in [-0.2, -0.15) is 0 Å². The maximum Gasteiger partial charge on any atom is 0.133 e. The first-order valence-electron chi connectivity index (χ1n) is 5.52. The molecule has 0 aromatic carbocycles. The molecule has 1 nitrogen and oxygen atoms in total. The van der Waals surface area contributed by atoms with Crippen LogP contribution in [0.3, 0.4) is 0 Å². The zero-order chi connectivity index (χ0) is 10.1. The highest BCUT2D eigenvalue weighted by atomic mass is 16.1. The minimum Gasteiger partial charge on any atom is -0.300 e. The van der Waals surface area contributed by atoms with Gasteiger partial charge in [0.15, 0.2) is 0 Å². The van der Waals surface area contributed by atoms with Gasteiger partial charge in [-0.05, 0) is 37.5 Å². The van der Waals surface area contributed by atoms with Crippen LogP contribution in [0.15, 0.2) is 24.3 Å². The van der Waals surface area contributed by atoms with E-state index in [0.29, 0.717) is 23.5 Å². The second-order valence-electron chi connectivity index (χ2n) is 4.74. The molecule has 2 aliphatic rings. The minimum atomic E-state index is 0.415. The van der Waals surface area contributed by atoms with Crippen LogP contribution in [0.2, 0.25) is 0 Å². The van der Waals surface area contributed by atoms with E-state index in [-0.39, 0.29) is 0 Å². The first-order valence-corrected chi connectivity index (χ1v) is 5.52. The summed E-state index contributed by atoms with van der Waals surface area (Å²) in [7, 11) is 0. The zero-order valence-corrected chi connectivity index (χ0v) is 8.83. The highest BCUT2D eigenvalue weighted by Gasteiger charge is 2.36. The highest BCUT2D eigenvalue weighted by molar-refractivity contribution is 5.80. The summed E-state index contributed by atoms with van der Waals surface area (Å²) in [6, 6.07) is 0. The monoisotopic (exact) mass is 190 g/mol. The van der Waals surface area contributed by atoms with Crippen LogP contribution in [-0.4, -0.2) is 5.78 Å². The number of rotatable bonds is 1. The summed E-state index contributed by atoms with van der Waals surface area (Å²) in [5.74, 6) is 2.05. The Balaban J connectivity index is 2.22. The van der Waals surface area contributed by atoms with Crippen LogP contribution >= 0.6 is 0 Å². The van der Waals surface area contributed by atoms with Gasteiger partial charge in [0.25, 0.3) is 0 Å². The number of carbonyl (C=O) groups excluding carboxylic acids is 1. The fourth-order valence-corrected chi connectivity index (χ4v) is 2.87. The van der Waals surface area contributed by atoms with Crippen molar-refractivity contribution in [2.45, 2.75) is 32.6 Å². The molecule has 0 N–H and O–H groups in total. The normalized spacial score (nSPS) is 36.6. The highest BCUT2D eigenvalue weighted by Crippen LogP contribution is 2.41. The van der Waals surface area contributed by atoms with E-state index in [1.54, 1.807) is 0 Å². The van der Waals surface area contributed by atoms with Crippen molar-refractivity contribution in [1.82, 2.24) is 0 Å². The fourth-order valence-electron chi connectivity index (χ4n) is 2.87. The van der Waals surface area contributed by atoms with Crippen LogP contribution in [0.4, 0.5) is 0 Å². The molecule has 1 heteroatoms. The van der Waals surface area contributed by atoms with E-state index in [1.165, 1.54) is 12.0 Å². The predicted octanol–water partition coefficient (Wildman–Crippen LogP) is 3.12. The molecule has 1 saturated carbocycles. The van der Waals surface area contributed by atoms with E-state index in [2.05, 4.69) is 25.7 Å². The van der Waals surface area contributed by atoms with Gasteiger partial charge in [-0.3, -0.25) is 4.79 Å². The van der Waals surface area contributed by atoms with Crippen LogP contribution in [0.25, 0.3) is 0 Å². The Hall–Kier alpha value is -0.850. The van der Waals surface area contributed by atoms with Crippen molar-refractivity contribution in [2.24, 2.45) is 17.8 Å². The summed E-state index contributed by atoms with van der Waals surface area (Å²) < 4.78 is 0. The van der Waals surface area contributed by atoms with Crippen LogP contribution in [-0.2, 0) is 4.79 Å². The van der Waals surface area contributed by atoms with E-state index in [0.717, 1.165) is 19.3 Å². The Bertz CT molecular complexity index is 288. The third-order valence-electron chi connectivity index (χ3n) is 3.64. The van der Waals surface area contributed by atoms with Crippen molar-refractivity contribution >= 4 is 5.78 Å². The van der Waals surface area contributed by atoms with Crippen LogP contribution < -0.4 is 0 Å². The molecule has 0 heterocycles. The number of ketones is 1. The van der Waals surface area contributed by atoms with Gasteiger partial charge in [0.2, 0.25) is 0 Å². The lowest BCUT2D eigenvalue weighted by Crippen LogP contribution is -2.33. The van der Waals surface area contributed by atoms with E-state index in [1.807, 2.05) is 0 Å². The summed E-state index contributed by atoms with van der Waals surface area (Å²) in [5, 5.41) is 0. The van der Waals surface area contributed by atoms with Gasteiger partial charge in [0.05, 0.1) is 0 Å². The van der Waals surface area contributed by atoms with Gasteiger partial charge in [-0.25, -0.2) is 0 Å². The van der Waals surface area contributed by atoms with E-state index in [9.17, 15) is 4.79 Å². The van der Waals surface area contributed by atoms with Crippen LogP contribution in [0, 0.1) is 17.8 Å². The van der Waals surface area contributed by atoms with Gasteiger partial charge < -0.3 is 0 Å². The Kier molecular flexibility index (Phi) is 2.58. The van der Waals surface area contributed by atoms with Crippen molar-refractivity contribution in [3.63, 3.8) is 0 Å². The quantitative estimate of drug-likeness (QED) is 0.581. The lowest BCUT2D eigenvalue weighted by atomic mass is 9.66. The zero-order valence-electron chi connectivity index (χ0n) is 8.83.